The Hall–Kier alpha value is -1.85. The Kier molecular flexibility index (Phi) is 8.67. The largest absolute Gasteiger partial charge is 0.417 e. The number of rotatable bonds is 7. The predicted molar refractivity (Wildman–Crippen MR) is 132 cm³/mol. The Balaban J connectivity index is 1.73. The van der Waals surface area contributed by atoms with Gasteiger partial charge in [0.2, 0.25) is 5.91 Å². The molecule has 0 aromatic heterocycles. The lowest BCUT2D eigenvalue weighted by atomic mass is 9.81. The van der Waals surface area contributed by atoms with Crippen LogP contribution in [0.1, 0.15) is 55.5 Å². The summed E-state index contributed by atoms with van der Waals surface area (Å²) in [6, 6.07) is 2.18. The molecule has 12 heteroatoms. The topological polar surface area (TPSA) is 86.8 Å². The minimum absolute atomic E-state index is 0.0358. The molecule has 1 saturated heterocycles. The molecule has 0 spiro atoms. The molecule has 7 nitrogen and oxygen atoms in total. The van der Waals surface area contributed by atoms with Crippen LogP contribution in [-0.2, 0) is 20.8 Å². The molecule has 0 bridgehead atoms. The van der Waals surface area contributed by atoms with Crippen molar-refractivity contribution in [1.82, 2.24) is 15.1 Å². The smallest absolute Gasteiger partial charge is 0.340 e. The summed E-state index contributed by atoms with van der Waals surface area (Å²) >= 11 is 5.63. The summed E-state index contributed by atoms with van der Waals surface area (Å²) in [5.74, 6) is -1.42. The number of likely N-dealkylation sites (tertiary alicyclic amines) is 1. The van der Waals surface area contributed by atoms with Gasteiger partial charge in [0, 0.05) is 36.5 Å². The highest BCUT2D eigenvalue weighted by atomic mass is 35.5. The number of carbonyl (C=O) groups is 2. The van der Waals surface area contributed by atoms with Crippen molar-refractivity contribution in [2.75, 3.05) is 25.6 Å². The first-order valence-corrected chi connectivity index (χ1v) is 14.4. The van der Waals surface area contributed by atoms with E-state index in [2.05, 4.69) is 24.1 Å². The summed E-state index contributed by atoms with van der Waals surface area (Å²) < 4.78 is 63.9. The van der Waals surface area contributed by atoms with E-state index in [0.29, 0.717) is 37.9 Å². The number of sulfone groups is 1. The van der Waals surface area contributed by atoms with Gasteiger partial charge >= 0.3 is 6.18 Å². The van der Waals surface area contributed by atoms with Crippen molar-refractivity contribution < 1.29 is 31.2 Å². The van der Waals surface area contributed by atoms with Crippen LogP contribution in [0.4, 0.5) is 13.2 Å². The van der Waals surface area contributed by atoms with E-state index >= 15 is 0 Å². The second-order valence-corrected chi connectivity index (χ2v) is 12.8. The summed E-state index contributed by atoms with van der Waals surface area (Å²) in [4.78, 5) is 29.8. The fourth-order valence-corrected chi connectivity index (χ4v) is 6.64. The zero-order valence-electron chi connectivity index (χ0n) is 20.8. The van der Waals surface area contributed by atoms with Crippen molar-refractivity contribution in [3.63, 3.8) is 0 Å². The molecule has 1 heterocycles. The molecular formula is C24H33ClF3N3O4S. The lowest BCUT2D eigenvalue weighted by Gasteiger charge is -2.44. The highest BCUT2D eigenvalue weighted by molar-refractivity contribution is 7.90. The Morgan fingerprint density at radius 3 is 2.50 bits per heavy atom. The molecule has 1 unspecified atom stereocenters. The van der Waals surface area contributed by atoms with E-state index < -0.39 is 38.5 Å². The molecule has 1 aliphatic carbocycles. The predicted octanol–water partition coefficient (Wildman–Crippen LogP) is 3.61. The van der Waals surface area contributed by atoms with E-state index in [1.165, 1.54) is 12.3 Å². The average molecular weight is 552 g/mol. The summed E-state index contributed by atoms with van der Waals surface area (Å²) in [5.41, 5.74) is -1.37. The molecule has 2 aliphatic rings. The van der Waals surface area contributed by atoms with Crippen LogP contribution in [0.2, 0.25) is 5.02 Å². The molecule has 36 heavy (non-hydrogen) atoms. The summed E-state index contributed by atoms with van der Waals surface area (Å²) in [7, 11) is -1.28. The van der Waals surface area contributed by atoms with Crippen molar-refractivity contribution in [3.05, 3.63) is 34.3 Å². The van der Waals surface area contributed by atoms with Gasteiger partial charge in [-0.25, -0.2) is 8.42 Å². The van der Waals surface area contributed by atoms with Gasteiger partial charge < -0.3 is 15.1 Å². The molecule has 202 valence electrons. The number of halogens is 4. The molecule has 1 aromatic carbocycles. The number of hydrogen-bond donors (Lipinski definition) is 1. The molecule has 2 amide bonds. The number of benzene rings is 1. The fraction of sp³-hybridized carbons (Fsp3) is 0.667. The van der Waals surface area contributed by atoms with Gasteiger partial charge in [-0.05, 0) is 70.7 Å². The van der Waals surface area contributed by atoms with Crippen LogP contribution < -0.4 is 5.32 Å². The third-order valence-corrected chi connectivity index (χ3v) is 8.66. The number of amides is 2. The van der Waals surface area contributed by atoms with Gasteiger partial charge in [0.15, 0.2) is 0 Å². The summed E-state index contributed by atoms with van der Waals surface area (Å²) in [6.07, 6.45) is -1.15. The quantitative estimate of drug-likeness (QED) is 0.559. The van der Waals surface area contributed by atoms with Crippen molar-refractivity contribution in [3.8, 4) is 0 Å². The van der Waals surface area contributed by atoms with Crippen molar-refractivity contribution >= 4 is 33.3 Å². The number of hydrogen-bond acceptors (Lipinski definition) is 5. The average Bonchev–Trinajstić information content (AvgIpc) is 3.11. The molecule has 1 saturated carbocycles. The monoisotopic (exact) mass is 551 g/mol. The minimum Gasteiger partial charge on any atom is -0.340 e. The van der Waals surface area contributed by atoms with Crippen LogP contribution in [0, 0.1) is 5.92 Å². The van der Waals surface area contributed by atoms with Crippen molar-refractivity contribution in [1.29, 1.82) is 0 Å². The minimum atomic E-state index is -4.72. The third kappa shape index (κ3) is 6.72. The first kappa shape index (κ1) is 28.7. The lowest BCUT2D eigenvalue weighted by molar-refractivity contribution is -0.137. The van der Waals surface area contributed by atoms with Crippen LogP contribution in [-0.4, -0.2) is 79.8 Å². The van der Waals surface area contributed by atoms with E-state index in [1.807, 2.05) is 7.05 Å². The lowest BCUT2D eigenvalue weighted by Crippen LogP contribution is -2.53. The van der Waals surface area contributed by atoms with Gasteiger partial charge in [-0.1, -0.05) is 11.6 Å². The fourth-order valence-electron chi connectivity index (χ4n) is 5.28. The Morgan fingerprint density at radius 2 is 1.92 bits per heavy atom. The second-order valence-electron chi connectivity index (χ2n) is 10.2. The van der Waals surface area contributed by atoms with E-state index in [0.717, 1.165) is 12.5 Å². The summed E-state index contributed by atoms with van der Waals surface area (Å²) in [5, 5.41) is 2.03. The second kappa shape index (κ2) is 10.9. The maximum Gasteiger partial charge on any atom is 0.417 e. The maximum absolute atomic E-state index is 13.2. The maximum atomic E-state index is 13.2. The number of carbonyl (C=O) groups excluding carboxylic acids is 2. The molecule has 0 radical (unpaired) electrons. The van der Waals surface area contributed by atoms with Crippen LogP contribution >= 0.6 is 11.6 Å². The molecule has 1 aromatic rings. The SMILES string of the molecule is CC(C)N(C)[C@@H]1CC[C@H](N2CCC(NC(=O)c3ccc(Cl)c(C(F)(F)F)c3)C2=O)[C@H](CS(C)(=O)=O)C1. The van der Waals surface area contributed by atoms with Crippen LogP contribution in [0.15, 0.2) is 18.2 Å². The van der Waals surface area contributed by atoms with Crippen molar-refractivity contribution in [2.24, 2.45) is 5.92 Å². The molecular weight excluding hydrogens is 519 g/mol. The van der Waals surface area contributed by atoms with Gasteiger partial charge in [-0.15, -0.1) is 0 Å². The van der Waals surface area contributed by atoms with Gasteiger partial charge in [-0.2, -0.15) is 13.2 Å². The molecule has 1 N–H and O–H groups in total. The van der Waals surface area contributed by atoms with E-state index in [-0.39, 0.29) is 35.2 Å². The van der Waals surface area contributed by atoms with E-state index in [9.17, 15) is 31.2 Å². The highest BCUT2D eigenvalue weighted by Gasteiger charge is 2.44. The zero-order chi connectivity index (χ0) is 27.0. The first-order chi connectivity index (χ1) is 16.6. The third-order valence-electron chi connectivity index (χ3n) is 7.30. The molecule has 3 rings (SSSR count). The van der Waals surface area contributed by atoms with Gasteiger partial charge in [0.25, 0.3) is 5.91 Å². The normalized spacial score (nSPS) is 25.6. The number of alkyl halides is 3. The Labute approximate surface area is 215 Å². The van der Waals surface area contributed by atoms with Gasteiger partial charge in [-0.3, -0.25) is 9.59 Å². The standard InChI is InChI=1S/C24H33ClF3N3O4S/c1-14(2)30(3)17-6-8-21(16(11-17)13-36(4,34)35)31-10-9-20(23(31)33)29-22(32)15-5-7-19(25)18(12-15)24(26,27)28/h5,7,12,14,16-17,20-21H,6,8-11,13H2,1-4H3,(H,29,32)/t16-,17+,20?,21-/m0/s1. The van der Waals surface area contributed by atoms with E-state index in [4.69, 9.17) is 11.6 Å². The number of nitrogens with zero attached hydrogens (tertiary/aromatic N) is 2. The first-order valence-electron chi connectivity index (χ1n) is 12.0. The molecule has 2 fully saturated rings. The van der Waals surface area contributed by atoms with Crippen molar-refractivity contribution in [2.45, 2.75) is 69.9 Å². The molecule has 1 aliphatic heterocycles. The Morgan fingerprint density at radius 1 is 1.25 bits per heavy atom. The van der Waals surface area contributed by atoms with Gasteiger partial charge in [0.1, 0.15) is 15.9 Å². The molecule has 4 atom stereocenters. The van der Waals surface area contributed by atoms with Crippen LogP contribution in [0.5, 0.6) is 0 Å². The van der Waals surface area contributed by atoms with Crippen LogP contribution in [0.25, 0.3) is 0 Å². The van der Waals surface area contributed by atoms with E-state index in [1.54, 1.807) is 4.90 Å². The van der Waals surface area contributed by atoms with Gasteiger partial charge in [0.05, 0.1) is 16.3 Å². The van der Waals surface area contributed by atoms with Crippen LogP contribution in [0.3, 0.4) is 0 Å². The highest BCUT2D eigenvalue weighted by Crippen LogP contribution is 2.36. The summed E-state index contributed by atoms with van der Waals surface area (Å²) in [6.45, 7) is 4.49. The number of nitrogens with one attached hydrogen (secondary N) is 1. The zero-order valence-corrected chi connectivity index (χ0v) is 22.4. The Bertz CT molecular complexity index is 1100.